The van der Waals surface area contributed by atoms with Crippen molar-refractivity contribution in [3.63, 3.8) is 0 Å². The zero-order valence-electron chi connectivity index (χ0n) is 19.0. The number of alkyl halides is 2. The fourth-order valence-corrected chi connectivity index (χ4v) is 4.03. The smallest absolute Gasteiger partial charge is 0.257 e. The maximum Gasteiger partial charge on any atom is 0.257 e. The summed E-state index contributed by atoms with van der Waals surface area (Å²) in [5.74, 6) is -3.88. The lowest BCUT2D eigenvalue weighted by Gasteiger charge is -2.40. The zero-order valence-corrected chi connectivity index (χ0v) is 19.0. The van der Waals surface area contributed by atoms with Crippen LogP contribution in [0.5, 0.6) is 11.5 Å². The Bertz CT molecular complexity index is 1160. The van der Waals surface area contributed by atoms with E-state index in [-0.39, 0.29) is 42.5 Å². The number of hydrogen-bond donors (Lipinski definition) is 2. The number of aliphatic hydroxyl groups excluding tert-OH is 1. The molecule has 1 amide bonds. The van der Waals surface area contributed by atoms with Gasteiger partial charge in [-0.1, -0.05) is 0 Å². The third-order valence-corrected chi connectivity index (χ3v) is 6.10. The number of anilines is 1. The van der Waals surface area contributed by atoms with Crippen LogP contribution < -0.4 is 10.1 Å². The predicted octanol–water partition coefficient (Wildman–Crippen LogP) is 4.35. The quantitative estimate of drug-likeness (QED) is 0.516. The van der Waals surface area contributed by atoms with Gasteiger partial charge in [-0.05, 0) is 55.0 Å². The normalized spacial score (nSPS) is 18.6. The van der Waals surface area contributed by atoms with Gasteiger partial charge in [-0.3, -0.25) is 14.7 Å². The van der Waals surface area contributed by atoms with Gasteiger partial charge in [-0.15, -0.1) is 0 Å². The van der Waals surface area contributed by atoms with Crippen LogP contribution >= 0.6 is 0 Å². The number of carbonyl (C=O) groups is 1. The number of nitrogens with one attached hydrogen (secondary N) is 1. The molecule has 35 heavy (non-hydrogen) atoms. The Balaban J connectivity index is 1.39. The Hall–Kier alpha value is -3.50. The van der Waals surface area contributed by atoms with Crippen LogP contribution in [0.3, 0.4) is 0 Å². The topological polar surface area (TPSA) is 87.6 Å². The molecule has 10 heteroatoms. The van der Waals surface area contributed by atoms with Crippen molar-refractivity contribution >= 4 is 11.7 Å². The highest BCUT2D eigenvalue weighted by atomic mass is 19.3. The third kappa shape index (κ3) is 5.77. The van der Waals surface area contributed by atoms with Gasteiger partial charge in [-0.2, -0.15) is 0 Å². The van der Waals surface area contributed by atoms with Crippen molar-refractivity contribution in [2.24, 2.45) is 0 Å². The SMILES string of the molecule is CC(C(=O)Nc1ccc(Oc2ccc(F)cc2CO)cn1)N1CCC(F)(F)C(c2ccncc2)C1. The first kappa shape index (κ1) is 24.6. The summed E-state index contributed by atoms with van der Waals surface area (Å²) in [4.78, 5) is 22.6. The van der Waals surface area contributed by atoms with Crippen LogP contribution in [0.15, 0.2) is 61.1 Å². The molecule has 0 bridgehead atoms. The molecular weight excluding hydrogens is 461 g/mol. The Morgan fingerprint density at radius 3 is 2.71 bits per heavy atom. The van der Waals surface area contributed by atoms with E-state index in [4.69, 9.17) is 4.74 Å². The number of hydrogen-bond acceptors (Lipinski definition) is 6. The van der Waals surface area contributed by atoms with E-state index >= 15 is 0 Å². The molecule has 1 fully saturated rings. The van der Waals surface area contributed by atoms with Gasteiger partial charge in [0.05, 0.1) is 24.8 Å². The number of aliphatic hydroxyl groups is 1. The molecule has 7 nitrogen and oxygen atoms in total. The first-order valence-corrected chi connectivity index (χ1v) is 11.1. The van der Waals surface area contributed by atoms with Crippen molar-refractivity contribution in [2.45, 2.75) is 37.8 Å². The molecular formula is C25H25F3N4O3. The summed E-state index contributed by atoms with van der Waals surface area (Å²) in [5.41, 5.74) is 0.776. The average Bonchev–Trinajstić information content (AvgIpc) is 2.86. The van der Waals surface area contributed by atoms with Crippen molar-refractivity contribution in [1.82, 2.24) is 14.9 Å². The molecule has 3 aromatic rings. The van der Waals surface area contributed by atoms with E-state index in [1.807, 2.05) is 0 Å². The predicted molar refractivity (Wildman–Crippen MR) is 123 cm³/mol. The van der Waals surface area contributed by atoms with Crippen LogP contribution in [0, 0.1) is 5.82 Å². The second-order valence-electron chi connectivity index (χ2n) is 8.40. The maximum absolute atomic E-state index is 14.6. The molecule has 3 heterocycles. The highest BCUT2D eigenvalue weighted by molar-refractivity contribution is 5.93. The Kier molecular flexibility index (Phi) is 7.32. The minimum absolute atomic E-state index is 0.0384. The standard InChI is InChI=1S/C25H25F3N4O3/c1-16(32-11-8-25(27,28)21(14-32)17-6-9-29-10-7-17)24(34)31-23-5-3-20(13-30-23)35-22-4-2-19(26)12-18(22)15-33/h2-7,9-10,12-13,16,21,33H,8,11,14-15H2,1H3,(H,30,31,34). The number of amides is 1. The number of halogens is 3. The van der Waals surface area contributed by atoms with Gasteiger partial charge in [0.25, 0.3) is 5.92 Å². The fraction of sp³-hybridized carbons (Fsp3) is 0.320. The van der Waals surface area contributed by atoms with Crippen molar-refractivity contribution in [3.05, 3.63) is 78.0 Å². The molecule has 0 aliphatic carbocycles. The zero-order chi connectivity index (χ0) is 25.0. The van der Waals surface area contributed by atoms with Gasteiger partial charge in [0.15, 0.2) is 0 Å². The number of benzene rings is 1. The second-order valence-corrected chi connectivity index (χ2v) is 8.40. The van der Waals surface area contributed by atoms with Crippen molar-refractivity contribution in [1.29, 1.82) is 0 Å². The van der Waals surface area contributed by atoms with E-state index in [0.717, 1.165) is 0 Å². The van der Waals surface area contributed by atoms with Gasteiger partial charge in [0.2, 0.25) is 5.91 Å². The molecule has 4 rings (SSSR count). The number of rotatable bonds is 7. The molecule has 0 spiro atoms. The summed E-state index contributed by atoms with van der Waals surface area (Å²) in [6, 6.07) is 9.40. The molecule has 0 radical (unpaired) electrons. The largest absolute Gasteiger partial charge is 0.455 e. The van der Waals surface area contributed by atoms with Crippen LogP contribution in [0.4, 0.5) is 19.0 Å². The first-order valence-electron chi connectivity index (χ1n) is 11.1. The molecule has 2 aromatic heterocycles. The number of likely N-dealkylation sites (tertiary alicyclic amines) is 1. The highest BCUT2D eigenvalue weighted by Gasteiger charge is 2.46. The molecule has 2 unspecified atom stereocenters. The highest BCUT2D eigenvalue weighted by Crippen LogP contribution is 2.40. The Labute approximate surface area is 200 Å². The lowest BCUT2D eigenvalue weighted by molar-refractivity contribution is -0.125. The number of aromatic nitrogens is 2. The Morgan fingerprint density at radius 1 is 1.26 bits per heavy atom. The van der Waals surface area contributed by atoms with Gasteiger partial charge in [-0.25, -0.2) is 18.2 Å². The van der Waals surface area contributed by atoms with Crippen LogP contribution in [-0.4, -0.2) is 50.9 Å². The van der Waals surface area contributed by atoms with E-state index in [2.05, 4.69) is 15.3 Å². The molecule has 2 atom stereocenters. The van der Waals surface area contributed by atoms with Crippen LogP contribution in [0.2, 0.25) is 0 Å². The lowest BCUT2D eigenvalue weighted by atomic mass is 9.87. The summed E-state index contributed by atoms with van der Waals surface area (Å²) in [5, 5.41) is 12.1. The maximum atomic E-state index is 14.6. The number of pyridine rings is 2. The van der Waals surface area contributed by atoms with E-state index in [1.165, 1.54) is 42.9 Å². The molecule has 1 saturated heterocycles. The molecule has 1 aliphatic rings. The number of piperidine rings is 1. The summed E-state index contributed by atoms with van der Waals surface area (Å²) in [6.45, 7) is 1.41. The third-order valence-electron chi connectivity index (χ3n) is 6.10. The van der Waals surface area contributed by atoms with Crippen molar-refractivity contribution < 1.29 is 27.8 Å². The monoisotopic (exact) mass is 486 g/mol. The van der Waals surface area contributed by atoms with Crippen LogP contribution in [0.1, 0.15) is 30.4 Å². The van der Waals surface area contributed by atoms with Gasteiger partial charge in [0.1, 0.15) is 23.1 Å². The average molecular weight is 486 g/mol. The van der Waals surface area contributed by atoms with E-state index in [0.29, 0.717) is 11.3 Å². The van der Waals surface area contributed by atoms with Crippen molar-refractivity contribution in [2.75, 3.05) is 18.4 Å². The second kappa shape index (κ2) is 10.4. The summed E-state index contributed by atoms with van der Waals surface area (Å²) >= 11 is 0. The number of nitrogens with zero attached hydrogens (tertiary/aromatic N) is 3. The number of ether oxygens (including phenoxy) is 1. The molecule has 2 N–H and O–H groups in total. The first-order chi connectivity index (χ1) is 16.8. The summed E-state index contributed by atoms with van der Waals surface area (Å²) in [6.07, 6.45) is 4.01. The minimum atomic E-state index is -2.87. The summed E-state index contributed by atoms with van der Waals surface area (Å²) < 4.78 is 48.2. The molecule has 184 valence electrons. The number of carbonyl (C=O) groups excluding carboxylic acids is 1. The van der Waals surface area contributed by atoms with Crippen molar-refractivity contribution in [3.8, 4) is 11.5 Å². The minimum Gasteiger partial charge on any atom is -0.455 e. The van der Waals surface area contributed by atoms with Crippen LogP contribution in [-0.2, 0) is 11.4 Å². The lowest BCUT2D eigenvalue weighted by Crippen LogP contribution is -2.52. The Morgan fingerprint density at radius 2 is 2.03 bits per heavy atom. The fourth-order valence-electron chi connectivity index (χ4n) is 4.03. The van der Waals surface area contributed by atoms with Gasteiger partial charge in [0, 0.05) is 37.5 Å². The van der Waals surface area contributed by atoms with E-state index in [9.17, 15) is 23.1 Å². The molecule has 1 aromatic carbocycles. The van der Waals surface area contributed by atoms with Gasteiger partial charge < -0.3 is 15.2 Å². The van der Waals surface area contributed by atoms with E-state index < -0.39 is 30.3 Å². The van der Waals surface area contributed by atoms with E-state index in [1.54, 1.807) is 30.0 Å². The molecule has 1 aliphatic heterocycles. The summed E-state index contributed by atoms with van der Waals surface area (Å²) in [7, 11) is 0. The van der Waals surface area contributed by atoms with Crippen LogP contribution in [0.25, 0.3) is 0 Å². The van der Waals surface area contributed by atoms with Gasteiger partial charge >= 0.3 is 0 Å². The molecule has 0 saturated carbocycles.